The van der Waals surface area contributed by atoms with E-state index >= 15 is 0 Å². The number of halogens is 1. The lowest BCUT2D eigenvalue weighted by molar-refractivity contribution is -0.384. The Kier molecular flexibility index (Phi) is 4.55. The minimum absolute atomic E-state index is 0.121. The molecule has 1 heterocycles. The van der Waals surface area contributed by atoms with Crippen molar-refractivity contribution in [2.24, 2.45) is 5.92 Å². The van der Waals surface area contributed by atoms with Gasteiger partial charge in [-0.3, -0.25) is 14.8 Å². The van der Waals surface area contributed by atoms with Crippen LogP contribution >= 0.6 is 11.6 Å². The lowest BCUT2D eigenvalue weighted by Crippen LogP contribution is -2.13. The first-order valence-corrected chi connectivity index (χ1v) is 10.6. The number of nitrogens with one attached hydrogen (secondary N) is 1. The normalized spacial score (nSPS) is 16.7. The van der Waals surface area contributed by atoms with E-state index in [-0.39, 0.29) is 9.92 Å². The highest BCUT2D eigenvalue weighted by atomic mass is 35.5. The summed E-state index contributed by atoms with van der Waals surface area (Å²) in [5.74, 6) is 1.52. The number of sulfonamides is 1. The van der Waals surface area contributed by atoms with E-state index in [0.717, 1.165) is 47.6 Å². The molecule has 0 saturated carbocycles. The lowest BCUT2D eigenvalue weighted by Gasteiger charge is -2.16. The highest BCUT2D eigenvalue weighted by Gasteiger charge is 2.24. The monoisotopic (exact) mass is 420 g/mol. The Morgan fingerprint density at radius 3 is 2.79 bits per heavy atom. The molecule has 0 fully saturated rings. The van der Waals surface area contributed by atoms with Gasteiger partial charge in [0.15, 0.2) is 0 Å². The maximum Gasteiger partial charge on any atom is 0.289 e. The van der Waals surface area contributed by atoms with Crippen LogP contribution in [0.4, 0.5) is 11.4 Å². The molecule has 3 aromatic rings. The summed E-state index contributed by atoms with van der Waals surface area (Å²) in [4.78, 5) is 10.1. The number of nitro benzene ring substituents is 1. The summed E-state index contributed by atoms with van der Waals surface area (Å²) < 4.78 is 33.8. The second-order valence-electron chi connectivity index (χ2n) is 7.04. The number of benzene rings is 2. The predicted molar refractivity (Wildman–Crippen MR) is 106 cm³/mol. The number of nitro groups is 1. The van der Waals surface area contributed by atoms with Crippen molar-refractivity contribution in [2.45, 2.75) is 31.1 Å². The molecule has 1 atom stereocenters. The molecule has 28 heavy (non-hydrogen) atoms. The molecule has 4 rings (SSSR count). The molecule has 1 aliphatic rings. The van der Waals surface area contributed by atoms with E-state index in [9.17, 15) is 18.5 Å². The van der Waals surface area contributed by atoms with Gasteiger partial charge < -0.3 is 4.42 Å². The average molecular weight is 421 g/mol. The molecule has 0 saturated heterocycles. The summed E-state index contributed by atoms with van der Waals surface area (Å²) in [6.45, 7) is 2.18. The summed E-state index contributed by atoms with van der Waals surface area (Å²) in [6.07, 6.45) is 2.83. The maximum absolute atomic E-state index is 12.7. The van der Waals surface area contributed by atoms with Gasteiger partial charge in [0.05, 0.1) is 9.82 Å². The summed E-state index contributed by atoms with van der Waals surface area (Å²) in [7, 11) is -4.01. The zero-order chi connectivity index (χ0) is 20.1. The largest absolute Gasteiger partial charge is 0.461 e. The van der Waals surface area contributed by atoms with Crippen LogP contribution in [0, 0.1) is 16.0 Å². The van der Waals surface area contributed by atoms with E-state index in [2.05, 4.69) is 11.6 Å². The number of fused-ring (bicyclic) bond motifs is 3. The molecule has 0 spiro atoms. The molecule has 1 aliphatic carbocycles. The molecule has 9 heteroatoms. The second-order valence-corrected chi connectivity index (χ2v) is 9.13. The maximum atomic E-state index is 12.7. The molecule has 0 unspecified atom stereocenters. The van der Waals surface area contributed by atoms with Crippen LogP contribution in [0.15, 0.2) is 45.7 Å². The van der Waals surface area contributed by atoms with E-state index in [4.69, 9.17) is 16.0 Å². The van der Waals surface area contributed by atoms with Crippen LogP contribution in [0.2, 0.25) is 5.02 Å². The van der Waals surface area contributed by atoms with Gasteiger partial charge in [-0.25, -0.2) is 8.42 Å². The number of nitrogens with zero attached hydrogens (tertiary/aromatic N) is 1. The van der Waals surface area contributed by atoms with Crippen LogP contribution in [0.1, 0.15) is 24.7 Å². The zero-order valence-electron chi connectivity index (χ0n) is 14.9. The van der Waals surface area contributed by atoms with Crippen LogP contribution in [-0.2, 0) is 22.9 Å². The quantitative estimate of drug-likeness (QED) is 0.476. The van der Waals surface area contributed by atoms with Crippen LogP contribution in [0.3, 0.4) is 0 Å². The number of hydrogen-bond donors (Lipinski definition) is 1. The number of furan rings is 1. The van der Waals surface area contributed by atoms with Gasteiger partial charge in [0, 0.05) is 29.1 Å². The molecule has 146 valence electrons. The standard InChI is InChI=1S/C19H17ClN2O5S/c1-11-2-5-14-15-9-12(3-7-18(15)27-19(14)8-11)21-28(25,26)13-4-6-16(20)17(10-13)22(23)24/h3-4,6-7,9-11,21H,2,5,8H2,1H3/t11-/m0/s1. The van der Waals surface area contributed by atoms with E-state index in [1.54, 1.807) is 18.2 Å². The summed E-state index contributed by atoms with van der Waals surface area (Å²) in [6, 6.07) is 8.48. The van der Waals surface area contributed by atoms with Crippen molar-refractivity contribution in [2.75, 3.05) is 4.72 Å². The van der Waals surface area contributed by atoms with E-state index < -0.39 is 20.6 Å². The number of anilines is 1. The molecule has 0 bridgehead atoms. The molecule has 0 radical (unpaired) electrons. The first-order chi connectivity index (χ1) is 13.2. The summed E-state index contributed by atoms with van der Waals surface area (Å²) >= 11 is 5.76. The van der Waals surface area contributed by atoms with Crippen molar-refractivity contribution in [3.8, 4) is 0 Å². The fourth-order valence-corrected chi connectivity index (χ4v) is 4.78. The fraction of sp³-hybridized carbons (Fsp3) is 0.263. The van der Waals surface area contributed by atoms with Crippen molar-refractivity contribution < 1.29 is 17.8 Å². The minimum Gasteiger partial charge on any atom is -0.461 e. The van der Waals surface area contributed by atoms with Gasteiger partial charge >= 0.3 is 0 Å². The van der Waals surface area contributed by atoms with Crippen LogP contribution in [0.5, 0.6) is 0 Å². The number of aryl methyl sites for hydroxylation is 1. The fourth-order valence-electron chi connectivity index (χ4n) is 3.52. The average Bonchev–Trinajstić information content (AvgIpc) is 2.98. The van der Waals surface area contributed by atoms with Crippen molar-refractivity contribution >= 4 is 44.0 Å². The summed E-state index contributed by atoms with van der Waals surface area (Å²) in [5.41, 5.74) is 1.76. The third-order valence-corrected chi connectivity index (χ3v) is 6.67. The summed E-state index contributed by atoms with van der Waals surface area (Å²) in [5, 5.41) is 11.8. The zero-order valence-corrected chi connectivity index (χ0v) is 16.5. The second kappa shape index (κ2) is 6.79. The third-order valence-electron chi connectivity index (χ3n) is 4.97. The van der Waals surface area contributed by atoms with E-state index in [0.29, 0.717) is 11.6 Å². The number of hydrogen-bond acceptors (Lipinski definition) is 5. The first-order valence-electron chi connectivity index (χ1n) is 8.75. The third kappa shape index (κ3) is 3.33. The van der Waals surface area contributed by atoms with Gasteiger partial charge in [-0.1, -0.05) is 18.5 Å². The topological polar surface area (TPSA) is 102 Å². The van der Waals surface area contributed by atoms with Gasteiger partial charge in [0.25, 0.3) is 15.7 Å². The van der Waals surface area contributed by atoms with E-state index in [1.807, 2.05) is 0 Å². The van der Waals surface area contributed by atoms with Gasteiger partial charge in [0.1, 0.15) is 16.4 Å². The highest BCUT2D eigenvalue weighted by Crippen LogP contribution is 2.36. The van der Waals surface area contributed by atoms with Crippen LogP contribution in [0.25, 0.3) is 11.0 Å². The van der Waals surface area contributed by atoms with Gasteiger partial charge in [-0.2, -0.15) is 0 Å². The Morgan fingerprint density at radius 1 is 1.25 bits per heavy atom. The van der Waals surface area contributed by atoms with Crippen molar-refractivity contribution in [3.05, 3.63) is 62.9 Å². The van der Waals surface area contributed by atoms with Crippen LogP contribution in [-0.4, -0.2) is 13.3 Å². The van der Waals surface area contributed by atoms with E-state index in [1.165, 1.54) is 12.1 Å². The van der Waals surface area contributed by atoms with Crippen molar-refractivity contribution in [1.29, 1.82) is 0 Å². The molecular formula is C19H17ClN2O5S. The first kappa shape index (κ1) is 18.8. The van der Waals surface area contributed by atoms with Gasteiger partial charge in [0.2, 0.25) is 0 Å². The molecule has 1 N–H and O–H groups in total. The predicted octanol–water partition coefficient (Wildman–Crippen LogP) is 4.92. The van der Waals surface area contributed by atoms with Crippen molar-refractivity contribution in [3.63, 3.8) is 0 Å². The lowest BCUT2D eigenvalue weighted by atomic mass is 9.88. The smallest absolute Gasteiger partial charge is 0.289 e. The molecule has 7 nitrogen and oxygen atoms in total. The molecule has 0 aliphatic heterocycles. The minimum atomic E-state index is -4.01. The number of rotatable bonds is 4. The Morgan fingerprint density at radius 2 is 2.04 bits per heavy atom. The molecular weight excluding hydrogens is 404 g/mol. The van der Waals surface area contributed by atoms with Crippen molar-refractivity contribution in [1.82, 2.24) is 0 Å². The Labute approximate surface area is 166 Å². The molecule has 2 aromatic carbocycles. The molecule has 0 amide bonds. The molecule has 1 aromatic heterocycles. The SMILES string of the molecule is C[C@H]1CCc2c(oc3ccc(NS(=O)(=O)c4ccc(Cl)c([N+](=O)[O-])c4)cc23)C1. The highest BCUT2D eigenvalue weighted by molar-refractivity contribution is 7.92. The Balaban J connectivity index is 1.69. The van der Waals surface area contributed by atoms with Gasteiger partial charge in [-0.15, -0.1) is 0 Å². The van der Waals surface area contributed by atoms with Crippen LogP contribution < -0.4 is 4.72 Å². The van der Waals surface area contributed by atoms with Gasteiger partial charge in [-0.05, 0) is 49.1 Å². The Hall–Kier alpha value is -2.58. The Bertz CT molecular complexity index is 1200.